The Kier molecular flexibility index (Phi) is 6.35. The van der Waals surface area contributed by atoms with Crippen LogP contribution < -0.4 is 0 Å². The number of carbonyl (C=O) groups excluding carboxylic acids is 1. The zero-order valence-electron chi connectivity index (χ0n) is 10.3. The molecule has 1 aromatic carbocycles. The highest BCUT2D eigenvalue weighted by Gasteiger charge is 2.17. The van der Waals surface area contributed by atoms with Gasteiger partial charge in [-0.3, -0.25) is 4.79 Å². The summed E-state index contributed by atoms with van der Waals surface area (Å²) >= 11 is 0. The normalized spacial score (nSPS) is 13.9. The van der Waals surface area contributed by atoms with E-state index in [1.165, 1.54) is 6.92 Å². The van der Waals surface area contributed by atoms with Crippen molar-refractivity contribution in [3.05, 3.63) is 35.9 Å². The van der Waals surface area contributed by atoms with Gasteiger partial charge >= 0.3 is 5.97 Å². The molecule has 0 spiro atoms. The van der Waals surface area contributed by atoms with E-state index in [4.69, 9.17) is 4.74 Å². The molecule has 0 saturated heterocycles. The molecule has 18 heavy (non-hydrogen) atoms. The van der Waals surface area contributed by atoms with Crippen molar-refractivity contribution in [2.45, 2.75) is 25.7 Å². The average Bonchev–Trinajstić information content (AvgIpc) is 2.37. The lowest BCUT2D eigenvalue weighted by atomic mass is 10.2. The fourth-order valence-corrected chi connectivity index (χ4v) is 1.30. The number of carbonyl (C=O) groups is 1. The maximum Gasteiger partial charge on any atom is 0.302 e. The lowest BCUT2D eigenvalue weighted by Gasteiger charge is -2.17. The second kappa shape index (κ2) is 7.81. The summed E-state index contributed by atoms with van der Waals surface area (Å²) in [6.07, 6.45) is -2.21. The van der Waals surface area contributed by atoms with Crippen LogP contribution in [0.5, 0.6) is 0 Å². The smallest absolute Gasteiger partial charge is 0.302 e. The minimum Gasteiger partial charge on any atom is -0.463 e. The Morgan fingerprint density at radius 3 is 2.39 bits per heavy atom. The molecule has 0 aromatic heterocycles. The molecule has 2 N–H and O–H groups in total. The zero-order chi connectivity index (χ0) is 13.4. The third-order valence-corrected chi connectivity index (χ3v) is 2.30. The minimum absolute atomic E-state index is 0.0165. The van der Waals surface area contributed by atoms with Gasteiger partial charge in [-0.15, -0.1) is 0 Å². The maximum atomic E-state index is 10.5. The zero-order valence-corrected chi connectivity index (χ0v) is 10.3. The molecular formula is C13H18O5. The molecule has 0 bridgehead atoms. The third kappa shape index (κ3) is 5.77. The van der Waals surface area contributed by atoms with E-state index in [1.807, 2.05) is 30.3 Å². The van der Waals surface area contributed by atoms with Crippen LogP contribution >= 0.6 is 0 Å². The quantitative estimate of drug-likeness (QED) is 0.692. The molecule has 5 heteroatoms. The molecule has 0 saturated carbocycles. The van der Waals surface area contributed by atoms with Gasteiger partial charge in [0.25, 0.3) is 0 Å². The Hall–Kier alpha value is -1.43. The third-order valence-electron chi connectivity index (χ3n) is 2.30. The van der Waals surface area contributed by atoms with Crippen molar-refractivity contribution in [2.75, 3.05) is 13.2 Å². The SMILES string of the molecule is CC(=O)OC[C@H](O)[C@H](O)COCc1ccccc1. The minimum atomic E-state index is -1.13. The van der Waals surface area contributed by atoms with Crippen molar-refractivity contribution in [3.8, 4) is 0 Å². The monoisotopic (exact) mass is 254 g/mol. The number of aliphatic hydroxyl groups is 2. The molecule has 100 valence electrons. The van der Waals surface area contributed by atoms with Gasteiger partial charge in [-0.05, 0) is 5.56 Å². The van der Waals surface area contributed by atoms with Gasteiger partial charge in [-0.2, -0.15) is 0 Å². The number of esters is 1. The van der Waals surface area contributed by atoms with Crippen LogP contribution in [0.1, 0.15) is 12.5 Å². The summed E-state index contributed by atoms with van der Waals surface area (Å²) in [7, 11) is 0. The molecule has 0 fully saturated rings. The number of aliphatic hydroxyl groups excluding tert-OH is 2. The maximum absolute atomic E-state index is 10.5. The number of hydrogen-bond donors (Lipinski definition) is 2. The predicted octanol–water partition coefficient (Wildman–Crippen LogP) is 0.488. The van der Waals surface area contributed by atoms with Crippen molar-refractivity contribution in [3.63, 3.8) is 0 Å². The van der Waals surface area contributed by atoms with Gasteiger partial charge < -0.3 is 19.7 Å². The fraction of sp³-hybridized carbons (Fsp3) is 0.462. The van der Waals surface area contributed by atoms with Gasteiger partial charge in [0.05, 0.1) is 13.2 Å². The standard InChI is InChI=1S/C13H18O5/c1-10(14)18-9-13(16)12(15)8-17-7-11-5-3-2-4-6-11/h2-6,12-13,15-16H,7-9H2,1H3/t12-,13+/m1/s1. The first-order valence-electron chi connectivity index (χ1n) is 5.70. The Morgan fingerprint density at radius 2 is 1.78 bits per heavy atom. The average molecular weight is 254 g/mol. The summed E-state index contributed by atoms with van der Waals surface area (Å²) in [6, 6.07) is 9.50. The van der Waals surface area contributed by atoms with Gasteiger partial charge in [-0.25, -0.2) is 0 Å². The van der Waals surface area contributed by atoms with E-state index in [0.29, 0.717) is 6.61 Å². The molecule has 0 heterocycles. The van der Waals surface area contributed by atoms with Crippen molar-refractivity contribution >= 4 is 5.97 Å². The van der Waals surface area contributed by atoms with E-state index < -0.39 is 18.2 Å². The van der Waals surface area contributed by atoms with E-state index in [2.05, 4.69) is 4.74 Å². The molecule has 0 unspecified atom stereocenters. The van der Waals surface area contributed by atoms with Gasteiger partial charge in [0, 0.05) is 6.92 Å². The number of ether oxygens (including phenoxy) is 2. The molecule has 0 aliphatic carbocycles. The molecule has 0 aliphatic rings. The Labute approximate surface area is 106 Å². The highest BCUT2D eigenvalue weighted by molar-refractivity contribution is 5.65. The highest BCUT2D eigenvalue weighted by Crippen LogP contribution is 2.02. The van der Waals surface area contributed by atoms with Crippen LogP contribution in [0.2, 0.25) is 0 Å². The summed E-state index contributed by atoms with van der Waals surface area (Å²) in [4.78, 5) is 10.5. The lowest BCUT2D eigenvalue weighted by molar-refractivity contribution is -0.147. The number of benzene rings is 1. The predicted molar refractivity (Wildman–Crippen MR) is 64.7 cm³/mol. The summed E-state index contributed by atoms with van der Waals surface area (Å²) < 4.78 is 9.84. The van der Waals surface area contributed by atoms with Crippen LogP contribution in [0.3, 0.4) is 0 Å². The van der Waals surface area contributed by atoms with Gasteiger partial charge in [0.15, 0.2) is 0 Å². The van der Waals surface area contributed by atoms with Crippen molar-refractivity contribution in [1.29, 1.82) is 0 Å². The van der Waals surface area contributed by atoms with E-state index in [-0.39, 0.29) is 13.2 Å². The van der Waals surface area contributed by atoms with E-state index in [0.717, 1.165) is 5.56 Å². The fourth-order valence-electron chi connectivity index (χ4n) is 1.30. The molecule has 1 aromatic rings. The summed E-state index contributed by atoms with van der Waals surface area (Å²) in [6.45, 7) is 1.35. The molecule has 0 aliphatic heterocycles. The van der Waals surface area contributed by atoms with E-state index in [9.17, 15) is 15.0 Å². The highest BCUT2D eigenvalue weighted by atomic mass is 16.5. The lowest BCUT2D eigenvalue weighted by Crippen LogP contribution is -2.34. The molecule has 2 atom stereocenters. The summed E-state index contributed by atoms with van der Waals surface area (Å²) in [5, 5.41) is 19.0. The van der Waals surface area contributed by atoms with Crippen LogP contribution in [-0.2, 0) is 20.9 Å². The van der Waals surface area contributed by atoms with Crippen LogP contribution in [0.25, 0.3) is 0 Å². The van der Waals surface area contributed by atoms with Crippen LogP contribution in [0.4, 0.5) is 0 Å². The van der Waals surface area contributed by atoms with Crippen LogP contribution in [0.15, 0.2) is 30.3 Å². The number of rotatable bonds is 7. The van der Waals surface area contributed by atoms with Gasteiger partial charge in [-0.1, -0.05) is 30.3 Å². The number of hydrogen-bond acceptors (Lipinski definition) is 5. The first kappa shape index (κ1) is 14.6. The van der Waals surface area contributed by atoms with E-state index >= 15 is 0 Å². The van der Waals surface area contributed by atoms with Crippen molar-refractivity contribution in [1.82, 2.24) is 0 Å². The molecular weight excluding hydrogens is 236 g/mol. The van der Waals surface area contributed by atoms with Crippen molar-refractivity contribution in [2.24, 2.45) is 0 Å². The van der Waals surface area contributed by atoms with Crippen LogP contribution in [0, 0.1) is 0 Å². The largest absolute Gasteiger partial charge is 0.463 e. The second-order valence-electron chi connectivity index (χ2n) is 3.94. The Morgan fingerprint density at radius 1 is 1.17 bits per heavy atom. The van der Waals surface area contributed by atoms with Gasteiger partial charge in [0.2, 0.25) is 0 Å². The molecule has 0 radical (unpaired) electrons. The van der Waals surface area contributed by atoms with E-state index in [1.54, 1.807) is 0 Å². The second-order valence-corrected chi connectivity index (χ2v) is 3.94. The Balaban J connectivity index is 2.20. The molecule has 0 amide bonds. The van der Waals surface area contributed by atoms with Crippen molar-refractivity contribution < 1.29 is 24.5 Å². The first-order valence-corrected chi connectivity index (χ1v) is 5.70. The molecule has 1 rings (SSSR count). The first-order chi connectivity index (χ1) is 8.59. The summed E-state index contributed by atoms with van der Waals surface area (Å²) in [5.41, 5.74) is 0.985. The Bertz CT molecular complexity index is 352. The summed E-state index contributed by atoms with van der Waals surface area (Å²) in [5.74, 6) is -0.494. The topological polar surface area (TPSA) is 76.0 Å². The molecule has 5 nitrogen and oxygen atoms in total. The van der Waals surface area contributed by atoms with Gasteiger partial charge in [0.1, 0.15) is 18.8 Å². The van der Waals surface area contributed by atoms with Crippen LogP contribution in [-0.4, -0.2) is 41.6 Å².